The van der Waals surface area contributed by atoms with E-state index in [1.54, 1.807) is 25.1 Å². The molecule has 0 aliphatic heterocycles. The first-order valence-electron chi connectivity index (χ1n) is 4.37. The third-order valence-corrected chi connectivity index (χ3v) is 1.88. The zero-order valence-corrected chi connectivity index (χ0v) is 8.26. The van der Waals surface area contributed by atoms with Crippen LogP contribution in [-0.2, 0) is 6.42 Å². The van der Waals surface area contributed by atoms with Crippen LogP contribution in [0.25, 0.3) is 0 Å². The Labute approximate surface area is 86.4 Å². The van der Waals surface area contributed by atoms with Crippen LogP contribution in [0.2, 0.25) is 0 Å². The monoisotopic (exact) mass is 214 g/mol. The average Bonchev–Trinajstić information content (AvgIpc) is 2.09. The predicted molar refractivity (Wildman–Crippen MR) is 53.4 cm³/mol. The van der Waals surface area contributed by atoms with Crippen molar-refractivity contribution in [2.45, 2.75) is 20.0 Å². The van der Waals surface area contributed by atoms with E-state index in [4.69, 9.17) is 11.1 Å². The number of benzene rings is 1. The first kappa shape index (κ1) is 11.4. The van der Waals surface area contributed by atoms with Crippen LogP contribution >= 0.6 is 0 Å². The quantitative estimate of drug-likeness (QED) is 0.595. The van der Waals surface area contributed by atoms with Crippen LogP contribution in [0.3, 0.4) is 0 Å². The number of amidine groups is 1. The highest BCUT2D eigenvalue weighted by Gasteiger charge is 2.12. The molecule has 0 aliphatic carbocycles. The number of hydrogen-bond donors (Lipinski definition) is 2. The van der Waals surface area contributed by atoms with E-state index in [-0.39, 0.29) is 18.0 Å². The van der Waals surface area contributed by atoms with Gasteiger partial charge in [0, 0.05) is 12.0 Å². The van der Waals surface area contributed by atoms with E-state index in [2.05, 4.69) is 4.74 Å². The maximum absolute atomic E-state index is 12.1. The number of nitrogens with one attached hydrogen (secondary N) is 1. The van der Waals surface area contributed by atoms with E-state index in [0.717, 1.165) is 0 Å². The first-order chi connectivity index (χ1) is 7.00. The van der Waals surface area contributed by atoms with E-state index in [1.165, 1.54) is 0 Å². The number of aryl methyl sites for hydroxylation is 1. The molecule has 0 saturated carbocycles. The molecule has 0 saturated heterocycles. The molecule has 0 aromatic heterocycles. The number of rotatable bonds is 4. The van der Waals surface area contributed by atoms with Crippen molar-refractivity contribution in [2.24, 2.45) is 5.73 Å². The van der Waals surface area contributed by atoms with Crippen LogP contribution in [0, 0.1) is 12.3 Å². The summed E-state index contributed by atoms with van der Waals surface area (Å²) in [5.74, 6) is 0.0300. The first-order valence-corrected chi connectivity index (χ1v) is 4.37. The molecule has 82 valence electrons. The minimum absolute atomic E-state index is 0.0836. The molecular weight excluding hydrogens is 202 g/mol. The molecular formula is C10H12F2N2O. The number of alkyl halides is 2. The molecule has 0 atom stereocenters. The Hall–Kier alpha value is -1.65. The summed E-state index contributed by atoms with van der Waals surface area (Å²) in [4.78, 5) is 0. The van der Waals surface area contributed by atoms with Crippen molar-refractivity contribution in [1.82, 2.24) is 0 Å². The van der Waals surface area contributed by atoms with E-state index in [1.807, 2.05) is 0 Å². The summed E-state index contributed by atoms with van der Waals surface area (Å²) in [6.07, 6.45) is 0.115. The van der Waals surface area contributed by atoms with Gasteiger partial charge < -0.3 is 10.5 Å². The number of nitrogens with two attached hydrogens (primary N) is 1. The normalized spacial score (nSPS) is 10.4. The van der Waals surface area contributed by atoms with Crippen molar-refractivity contribution in [3.05, 3.63) is 29.3 Å². The average molecular weight is 214 g/mol. The van der Waals surface area contributed by atoms with Gasteiger partial charge in [-0.15, -0.1) is 0 Å². The Bertz CT molecular complexity index is 366. The smallest absolute Gasteiger partial charge is 0.387 e. The van der Waals surface area contributed by atoms with Gasteiger partial charge in [0.1, 0.15) is 5.75 Å². The molecule has 0 unspecified atom stereocenters. The van der Waals surface area contributed by atoms with E-state index in [0.29, 0.717) is 11.1 Å². The SMILES string of the molecule is Cc1cccc(CC(=N)N)c1OC(F)F. The maximum Gasteiger partial charge on any atom is 0.387 e. The Kier molecular flexibility index (Phi) is 3.60. The van der Waals surface area contributed by atoms with E-state index >= 15 is 0 Å². The van der Waals surface area contributed by atoms with Crippen LogP contribution < -0.4 is 10.5 Å². The van der Waals surface area contributed by atoms with Crippen molar-refractivity contribution in [3.63, 3.8) is 0 Å². The lowest BCUT2D eigenvalue weighted by molar-refractivity contribution is -0.0508. The van der Waals surface area contributed by atoms with Gasteiger partial charge in [0.2, 0.25) is 0 Å². The molecule has 0 bridgehead atoms. The van der Waals surface area contributed by atoms with E-state index < -0.39 is 6.61 Å². The lowest BCUT2D eigenvalue weighted by Gasteiger charge is -2.12. The minimum Gasteiger partial charge on any atom is -0.434 e. The van der Waals surface area contributed by atoms with Crippen molar-refractivity contribution in [2.75, 3.05) is 0 Å². The Morgan fingerprint density at radius 3 is 2.73 bits per heavy atom. The summed E-state index contributed by atoms with van der Waals surface area (Å²) >= 11 is 0. The van der Waals surface area contributed by atoms with Crippen LogP contribution in [0.1, 0.15) is 11.1 Å². The fourth-order valence-corrected chi connectivity index (χ4v) is 1.32. The molecule has 1 aromatic carbocycles. The van der Waals surface area contributed by atoms with Crippen molar-refractivity contribution < 1.29 is 13.5 Å². The number of para-hydroxylation sites is 1. The minimum atomic E-state index is -2.86. The van der Waals surface area contributed by atoms with Gasteiger partial charge in [-0.2, -0.15) is 8.78 Å². The Morgan fingerprint density at radius 2 is 2.20 bits per heavy atom. The standard InChI is InChI=1S/C10H12F2N2O/c1-6-3-2-4-7(5-8(13)14)9(6)15-10(11)12/h2-4,10H,5H2,1H3,(H3,13,14). The topological polar surface area (TPSA) is 59.1 Å². The van der Waals surface area contributed by atoms with Crippen LogP contribution in [0.4, 0.5) is 8.78 Å². The van der Waals surface area contributed by atoms with Gasteiger partial charge >= 0.3 is 6.61 Å². The van der Waals surface area contributed by atoms with Crippen LogP contribution in [0.5, 0.6) is 5.75 Å². The van der Waals surface area contributed by atoms with Gasteiger partial charge in [0.15, 0.2) is 0 Å². The molecule has 3 N–H and O–H groups in total. The fraction of sp³-hybridized carbons (Fsp3) is 0.300. The Balaban J connectivity index is 3.02. The van der Waals surface area contributed by atoms with Gasteiger partial charge in [0.05, 0.1) is 5.84 Å². The maximum atomic E-state index is 12.1. The molecule has 0 amide bonds. The molecule has 0 heterocycles. The number of halogens is 2. The largest absolute Gasteiger partial charge is 0.434 e. The van der Waals surface area contributed by atoms with Gasteiger partial charge in [-0.25, -0.2) is 0 Å². The second-order valence-corrected chi connectivity index (χ2v) is 3.14. The van der Waals surface area contributed by atoms with Crippen molar-refractivity contribution in [3.8, 4) is 5.75 Å². The molecule has 15 heavy (non-hydrogen) atoms. The van der Waals surface area contributed by atoms with Gasteiger partial charge in [-0.05, 0) is 12.5 Å². The third-order valence-electron chi connectivity index (χ3n) is 1.88. The molecule has 1 aromatic rings. The second-order valence-electron chi connectivity index (χ2n) is 3.14. The highest BCUT2D eigenvalue weighted by atomic mass is 19.3. The van der Waals surface area contributed by atoms with Gasteiger partial charge in [-0.1, -0.05) is 18.2 Å². The summed E-state index contributed by atoms with van der Waals surface area (Å²) in [7, 11) is 0. The van der Waals surface area contributed by atoms with Crippen molar-refractivity contribution >= 4 is 5.84 Å². The summed E-state index contributed by atoms with van der Waals surface area (Å²) in [5, 5.41) is 7.12. The zero-order valence-electron chi connectivity index (χ0n) is 8.26. The summed E-state index contributed by atoms with van der Waals surface area (Å²) < 4.78 is 28.6. The highest BCUT2D eigenvalue weighted by molar-refractivity contribution is 5.80. The summed E-state index contributed by atoms with van der Waals surface area (Å²) in [5.41, 5.74) is 6.32. The van der Waals surface area contributed by atoms with Crippen LogP contribution in [0.15, 0.2) is 18.2 Å². The fourth-order valence-electron chi connectivity index (χ4n) is 1.32. The molecule has 0 spiro atoms. The lowest BCUT2D eigenvalue weighted by atomic mass is 10.1. The van der Waals surface area contributed by atoms with Gasteiger partial charge in [-0.3, -0.25) is 5.41 Å². The van der Waals surface area contributed by atoms with Crippen LogP contribution in [-0.4, -0.2) is 12.4 Å². The van der Waals surface area contributed by atoms with Gasteiger partial charge in [0.25, 0.3) is 0 Å². The zero-order chi connectivity index (χ0) is 11.4. The molecule has 1 rings (SSSR count). The second kappa shape index (κ2) is 4.72. The molecule has 3 nitrogen and oxygen atoms in total. The third kappa shape index (κ3) is 3.19. The summed E-state index contributed by atoms with van der Waals surface area (Å²) in [6.45, 7) is -1.20. The summed E-state index contributed by atoms with van der Waals surface area (Å²) in [6, 6.07) is 5.00. The highest BCUT2D eigenvalue weighted by Crippen LogP contribution is 2.25. The predicted octanol–water partition coefficient (Wildman–Crippen LogP) is 2.07. The Morgan fingerprint density at radius 1 is 1.53 bits per heavy atom. The molecule has 0 aliphatic rings. The number of ether oxygens (including phenoxy) is 1. The molecule has 0 radical (unpaired) electrons. The van der Waals surface area contributed by atoms with E-state index in [9.17, 15) is 8.78 Å². The van der Waals surface area contributed by atoms with Crippen molar-refractivity contribution in [1.29, 1.82) is 5.41 Å². The lowest BCUT2D eigenvalue weighted by Crippen LogP contribution is -2.15. The number of hydrogen-bond acceptors (Lipinski definition) is 2. The molecule has 0 fully saturated rings. The molecule has 5 heteroatoms.